The number of carbonyl (C=O) groups is 2. The minimum Gasteiger partial charge on any atom is -0.378 e. The van der Waals surface area contributed by atoms with E-state index in [4.69, 9.17) is 4.74 Å². The van der Waals surface area contributed by atoms with Gasteiger partial charge in [-0.3, -0.25) is 14.2 Å². The van der Waals surface area contributed by atoms with E-state index in [0.29, 0.717) is 31.5 Å². The molecule has 0 bridgehead atoms. The predicted octanol–water partition coefficient (Wildman–Crippen LogP) is 0.677. The summed E-state index contributed by atoms with van der Waals surface area (Å²) in [6, 6.07) is 9.69. The first-order valence-corrected chi connectivity index (χ1v) is 9.31. The Morgan fingerprint density at radius 2 is 1.96 bits per heavy atom. The molecule has 9 heteroatoms. The number of benzene rings is 1. The summed E-state index contributed by atoms with van der Waals surface area (Å²) in [6.45, 7) is 2.33. The van der Waals surface area contributed by atoms with E-state index in [0.717, 1.165) is 5.69 Å². The van der Waals surface area contributed by atoms with Crippen molar-refractivity contribution in [2.45, 2.75) is 5.16 Å². The van der Waals surface area contributed by atoms with E-state index in [1.165, 1.54) is 16.7 Å². The van der Waals surface area contributed by atoms with Gasteiger partial charge in [0.25, 0.3) is 0 Å². The average molecular weight is 375 g/mol. The van der Waals surface area contributed by atoms with Gasteiger partial charge in [0, 0.05) is 25.8 Å². The molecule has 26 heavy (non-hydrogen) atoms. The molecule has 2 amide bonds. The lowest BCUT2D eigenvalue weighted by molar-refractivity contribution is -0.140. The molecule has 0 atom stereocenters. The molecule has 0 N–H and O–H groups in total. The first-order valence-electron chi connectivity index (χ1n) is 8.33. The zero-order chi connectivity index (χ0) is 18.4. The standard InChI is InChI=1S/C17H21N5O3S/c1-20(11-15(23)21-7-9-25-10-8-21)16(24)12-26-17-19-18-13-22(17)14-5-3-2-4-6-14/h2-6,13H,7-12H2,1H3. The van der Waals surface area contributed by atoms with Crippen molar-refractivity contribution in [3.63, 3.8) is 0 Å². The second-order valence-corrected chi connectivity index (χ2v) is 6.79. The summed E-state index contributed by atoms with van der Waals surface area (Å²) < 4.78 is 7.07. The van der Waals surface area contributed by atoms with Crippen LogP contribution in [0.2, 0.25) is 0 Å². The fourth-order valence-electron chi connectivity index (χ4n) is 2.53. The highest BCUT2D eigenvalue weighted by atomic mass is 32.2. The Morgan fingerprint density at radius 3 is 2.69 bits per heavy atom. The monoisotopic (exact) mass is 375 g/mol. The van der Waals surface area contributed by atoms with Crippen molar-refractivity contribution < 1.29 is 14.3 Å². The van der Waals surface area contributed by atoms with Crippen LogP contribution in [-0.2, 0) is 14.3 Å². The van der Waals surface area contributed by atoms with Gasteiger partial charge < -0.3 is 14.5 Å². The van der Waals surface area contributed by atoms with Crippen molar-refractivity contribution in [1.82, 2.24) is 24.6 Å². The number of para-hydroxylation sites is 1. The third-order valence-electron chi connectivity index (χ3n) is 4.04. The van der Waals surface area contributed by atoms with Crippen molar-refractivity contribution in [3.8, 4) is 5.69 Å². The molecule has 0 saturated carbocycles. The zero-order valence-electron chi connectivity index (χ0n) is 14.6. The Bertz CT molecular complexity index is 746. The van der Waals surface area contributed by atoms with E-state index in [9.17, 15) is 9.59 Å². The fraction of sp³-hybridized carbons (Fsp3) is 0.412. The van der Waals surface area contributed by atoms with Crippen LogP contribution in [0.15, 0.2) is 41.8 Å². The van der Waals surface area contributed by atoms with Gasteiger partial charge in [-0.25, -0.2) is 0 Å². The maximum absolute atomic E-state index is 12.4. The molecule has 1 saturated heterocycles. The van der Waals surface area contributed by atoms with Crippen LogP contribution in [0.3, 0.4) is 0 Å². The summed E-state index contributed by atoms with van der Waals surface area (Å²) in [5.74, 6) is 0.0131. The Hall–Kier alpha value is -2.39. The van der Waals surface area contributed by atoms with Crippen molar-refractivity contribution in [1.29, 1.82) is 0 Å². The molecule has 0 spiro atoms. The van der Waals surface area contributed by atoms with Crippen LogP contribution in [-0.4, -0.2) is 82.0 Å². The molecule has 1 aliphatic heterocycles. The lowest BCUT2D eigenvalue weighted by Gasteiger charge is -2.28. The van der Waals surface area contributed by atoms with Crippen molar-refractivity contribution in [3.05, 3.63) is 36.7 Å². The molecule has 2 heterocycles. The molecule has 0 radical (unpaired) electrons. The third-order valence-corrected chi connectivity index (χ3v) is 4.97. The van der Waals surface area contributed by atoms with Gasteiger partial charge in [0.1, 0.15) is 6.33 Å². The molecule has 1 aliphatic rings. The highest BCUT2D eigenvalue weighted by molar-refractivity contribution is 7.99. The number of rotatable bonds is 6. The molecular weight excluding hydrogens is 354 g/mol. The number of ether oxygens (including phenoxy) is 1. The normalized spacial score (nSPS) is 14.3. The number of likely N-dealkylation sites (N-methyl/N-ethyl adjacent to an activating group) is 1. The third kappa shape index (κ3) is 4.61. The van der Waals surface area contributed by atoms with Gasteiger partial charge in [-0.1, -0.05) is 30.0 Å². The number of carbonyl (C=O) groups excluding carboxylic acids is 2. The molecule has 138 valence electrons. The molecule has 0 aliphatic carbocycles. The average Bonchev–Trinajstić information content (AvgIpc) is 3.16. The summed E-state index contributed by atoms with van der Waals surface area (Å²) in [7, 11) is 1.64. The minimum atomic E-state index is -0.126. The van der Waals surface area contributed by atoms with Crippen LogP contribution in [0, 0.1) is 0 Å². The summed E-state index contributed by atoms with van der Waals surface area (Å²) in [5, 5.41) is 8.64. The topological polar surface area (TPSA) is 80.6 Å². The molecule has 3 rings (SSSR count). The molecule has 0 unspecified atom stereocenters. The Morgan fingerprint density at radius 1 is 1.23 bits per heavy atom. The molecule has 1 aromatic heterocycles. The van der Waals surface area contributed by atoms with Gasteiger partial charge in [0.15, 0.2) is 5.16 Å². The van der Waals surface area contributed by atoms with Crippen LogP contribution in [0.25, 0.3) is 5.69 Å². The maximum atomic E-state index is 12.4. The SMILES string of the molecule is CN(CC(=O)N1CCOCC1)C(=O)CSc1nncn1-c1ccccc1. The van der Waals surface area contributed by atoms with Gasteiger partial charge in [-0.05, 0) is 12.1 Å². The summed E-state index contributed by atoms with van der Waals surface area (Å²) >= 11 is 1.30. The first-order chi connectivity index (χ1) is 12.6. The van der Waals surface area contributed by atoms with E-state index < -0.39 is 0 Å². The van der Waals surface area contributed by atoms with Crippen LogP contribution in [0.4, 0.5) is 0 Å². The fourth-order valence-corrected chi connectivity index (χ4v) is 3.40. The first kappa shape index (κ1) is 18.4. The maximum Gasteiger partial charge on any atom is 0.242 e. The van der Waals surface area contributed by atoms with Gasteiger partial charge >= 0.3 is 0 Å². The van der Waals surface area contributed by atoms with E-state index in [1.54, 1.807) is 18.3 Å². The lowest BCUT2D eigenvalue weighted by atomic mass is 10.3. The summed E-state index contributed by atoms with van der Waals surface area (Å²) in [6.07, 6.45) is 1.62. The van der Waals surface area contributed by atoms with Crippen LogP contribution in [0.1, 0.15) is 0 Å². The smallest absolute Gasteiger partial charge is 0.242 e. The number of hydrogen-bond acceptors (Lipinski definition) is 6. The summed E-state index contributed by atoms with van der Waals surface area (Å²) in [5.41, 5.74) is 0.934. The Balaban J connectivity index is 1.52. The van der Waals surface area contributed by atoms with Crippen LogP contribution >= 0.6 is 11.8 Å². The number of morpholine rings is 1. The molecular formula is C17H21N5O3S. The second kappa shape index (κ2) is 8.81. The van der Waals surface area contributed by atoms with E-state index in [2.05, 4.69) is 10.2 Å². The number of hydrogen-bond donors (Lipinski definition) is 0. The predicted molar refractivity (Wildman–Crippen MR) is 97.1 cm³/mol. The number of nitrogens with zero attached hydrogens (tertiary/aromatic N) is 5. The Kier molecular flexibility index (Phi) is 6.24. The van der Waals surface area contributed by atoms with Crippen LogP contribution in [0.5, 0.6) is 0 Å². The zero-order valence-corrected chi connectivity index (χ0v) is 15.4. The van der Waals surface area contributed by atoms with E-state index in [1.807, 2.05) is 34.9 Å². The highest BCUT2D eigenvalue weighted by Crippen LogP contribution is 2.19. The van der Waals surface area contributed by atoms with Crippen molar-refractivity contribution in [2.75, 3.05) is 45.6 Å². The quantitative estimate of drug-likeness (QED) is 0.691. The van der Waals surface area contributed by atoms with Gasteiger partial charge in [-0.2, -0.15) is 0 Å². The van der Waals surface area contributed by atoms with E-state index >= 15 is 0 Å². The minimum absolute atomic E-state index is 0.0541. The largest absolute Gasteiger partial charge is 0.378 e. The summed E-state index contributed by atoms with van der Waals surface area (Å²) in [4.78, 5) is 27.8. The molecule has 1 fully saturated rings. The highest BCUT2D eigenvalue weighted by Gasteiger charge is 2.21. The number of amides is 2. The van der Waals surface area contributed by atoms with Crippen molar-refractivity contribution >= 4 is 23.6 Å². The second-order valence-electron chi connectivity index (χ2n) is 5.85. The van der Waals surface area contributed by atoms with Gasteiger partial charge in [-0.15, -0.1) is 10.2 Å². The number of thioether (sulfide) groups is 1. The van der Waals surface area contributed by atoms with Crippen LogP contribution < -0.4 is 0 Å². The lowest BCUT2D eigenvalue weighted by Crippen LogP contribution is -2.46. The van der Waals surface area contributed by atoms with Gasteiger partial charge in [0.2, 0.25) is 11.8 Å². The molecule has 1 aromatic carbocycles. The van der Waals surface area contributed by atoms with E-state index in [-0.39, 0.29) is 24.1 Å². The van der Waals surface area contributed by atoms with Crippen molar-refractivity contribution in [2.24, 2.45) is 0 Å². The molecule has 2 aromatic rings. The molecule has 8 nitrogen and oxygen atoms in total. The number of aromatic nitrogens is 3. The van der Waals surface area contributed by atoms with Gasteiger partial charge in [0.05, 0.1) is 25.5 Å². The Labute approximate surface area is 156 Å².